The minimum atomic E-state index is -0.418. The van der Waals surface area contributed by atoms with Crippen LogP contribution in [-0.2, 0) is 9.47 Å². The maximum absolute atomic E-state index is 12.0. The van der Waals surface area contributed by atoms with Crippen LogP contribution >= 0.6 is 0 Å². The van der Waals surface area contributed by atoms with Gasteiger partial charge >= 0.3 is 6.09 Å². The first kappa shape index (κ1) is 13.7. The Balaban J connectivity index is 1.76. The Labute approximate surface area is 110 Å². The van der Waals surface area contributed by atoms with E-state index in [4.69, 9.17) is 9.47 Å². The molecule has 1 saturated carbocycles. The van der Waals surface area contributed by atoms with Gasteiger partial charge in [0, 0.05) is 13.2 Å². The normalized spacial score (nSPS) is 25.1. The Morgan fingerprint density at radius 3 is 2.61 bits per heavy atom. The number of ether oxygens (including phenoxy) is 2. The maximum atomic E-state index is 12.0. The lowest BCUT2D eigenvalue weighted by molar-refractivity contribution is -0.0228. The number of nitrogens with zero attached hydrogens (tertiary/aromatic N) is 1. The highest BCUT2D eigenvalue weighted by Gasteiger charge is 2.29. The molecule has 1 amide bonds. The topological polar surface area (TPSA) is 38.8 Å². The predicted octanol–water partition coefficient (Wildman–Crippen LogP) is 2.81. The maximum Gasteiger partial charge on any atom is 0.410 e. The average molecular weight is 255 g/mol. The number of carbonyl (C=O) groups excluding carboxylic acids is 1. The predicted molar refractivity (Wildman–Crippen MR) is 69.5 cm³/mol. The van der Waals surface area contributed by atoms with Gasteiger partial charge in [-0.15, -0.1) is 0 Å². The molecule has 0 radical (unpaired) electrons. The van der Waals surface area contributed by atoms with Gasteiger partial charge in [0.15, 0.2) is 0 Å². The van der Waals surface area contributed by atoms with Gasteiger partial charge in [-0.2, -0.15) is 0 Å². The lowest BCUT2D eigenvalue weighted by Gasteiger charge is -2.34. The molecule has 1 aliphatic heterocycles. The highest BCUT2D eigenvalue weighted by Crippen LogP contribution is 2.30. The summed E-state index contributed by atoms with van der Waals surface area (Å²) in [5, 5.41) is 0. The summed E-state index contributed by atoms with van der Waals surface area (Å²) < 4.78 is 11.3. The summed E-state index contributed by atoms with van der Waals surface area (Å²) in [6.07, 6.45) is 4.68. The van der Waals surface area contributed by atoms with Crippen molar-refractivity contribution in [1.82, 2.24) is 4.90 Å². The Hall–Kier alpha value is -0.770. The van der Waals surface area contributed by atoms with Crippen LogP contribution in [0, 0.1) is 5.92 Å². The smallest absolute Gasteiger partial charge is 0.410 e. The molecule has 1 atom stereocenters. The second-order valence-corrected chi connectivity index (χ2v) is 6.47. The Bertz CT molecular complexity index is 294. The van der Waals surface area contributed by atoms with Gasteiger partial charge in [0.1, 0.15) is 5.60 Å². The van der Waals surface area contributed by atoms with Crippen LogP contribution in [0.2, 0.25) is 0 Å². The van der Waals surface area contributed by atoms with Crippen LogP contribution in [0.3, 0.4) is 0 Å². The molecule has 4 heteroatoms. The number of carbonyl (C=O) groups is 1. The van der Waals surface area contributed by atoms with Crippen molar-refractivity contribution in [2.24, 2.45) is 5.92 Å². The summed E-state index contributed by atoms with van der Waals surface area (Å²) >= 11 is 0. The molecule has 0 aromatic rings. The third-order valence-corrected chi connectivity index (χ3v) is 3.29. The fourth-order valence-electron chi connectivity index (χ4n) is 2.12. The van der Waals surface area contributed by atoms with Crippen LogP contribution in [0.25, 0.3) is 0 Å². The summed E-state index contributed by atoms with van der Waals surface area (Å²) in [6, 6.07) is 0. The second-order valence-electron chi connectivity index (χ2n) is 6.47. The molecule has 2 fully saturated rings. The van der Waals surface area contributed by atoms with E-state index in [1.165, 1.54) is 12.8 Å². The second kappa shape index (κ2) is 5.47. The van der Waals surface area contributed by atoms with Gasteiger partial charge < -0.3 is 14.4 Å². The van der Waals surface area contributed by atoms with Crippen molar-refractivity contribution in [2.75, 3.05) is 19.7 Å². The van der Waals surface area contributed by atoms with E-state index < -0.39 is 5.60 Å². The van der Waals surface area contributed by atoms with Gasteiger partial charge in [0.2, 0.25) is 0 Å². The highest BCUT2D eigenvalue weighted by atomic mass is 16.6. The molecular weight excluding hydrogens is 230 g/mol. The van der Waals surface area contributed by atoms with E-state index in [0.29, 0.717) is 6.54 Å². The molecule has 2 rings (SSSR count). The zero-order valence-electron chi connectivity index (χ0n) is 11.8. The van der Waals surface area contributed by atoms with Gasteiger partial charge in [-0.3, -0.25) is 0 Å². The number of piperidine rings is 1. The highest BCUT2D eigenvalue weighted by molar-refractivity contribution is 5.68. The van der Waals surface area contributed by atoms with Crippen LogP contribution in [0.1, 0.15) is 46.5 Å². The molecule has 4 nitrogen and oxygen atoms in total. The van der Waals surface area contributed by atoms with E-state index >= 15 is 0 Å². The average Bonchev–Trinajstić information content (AvgIpc) is 3.08. The molecule has 0 spiro atoms. The molecule has 104 valence electrons. The molecular formula is C14H25NO3. The van der Waals surface area contributed by atoms with Crippen LogP contribution in [0.5, 0.6) is 0 Å². The van der Waals surface area contributed by atoms with Crippen molar-refractivity contribution < 1.29 is 14.3 Å². The van der Waals surface area contributed by atoms with E-state index in [9.17, 15) is 4.79 Å². The van der Waals surface area contributed by atoms with Crippen LogP contribution in [0.15, 0.2) is 0 Å². The first-order valence-electron chi connectivity index (χ1n) is 7.03. The van der Waals surface area contributed by atoms with Crippen LogP contribution in [-0.4, -0.2) is 42.4 Å². The molecule has 1 aliphatic carbocycles. The van der Waals surface area contributed by atoms with Crippen LogP contribution < -0.4 is 0 Å². The van der Waals surface area contributed by atoms with Crippen LogP contribution in [0.4, 0.5) is 4.79 Å². The monoisotopic (exact) mass is 255 g/mol. The molecule has 0 aromatic heterocycles. The molecule has 2 aliphatic rings. The number of hydrogen-bond donors (Lipinski definition) is 0. The lowest BCUT2D eigenvalue weighted by atomic mass is 10.1. The molecule has 1 saturated heterocycles. The fourth-order valence-corrected chi connectivity index (χ4v) is 2.12. The SMILES string of the molecule is CC(C)(C)OC(=O)N1CCCC(OCC2CC2)C1. The Kier molecular flexibility index (Phi) is 4.15. The van der Waals surface area contributed by atoms with Gasteiger partial charge in [-0.05, 0) is 52.4 Å². The summed E-state index contributed by atoms with van der Waals surface area (Å²) in [5.41, 5.74) is -0.418. The summed E-state index contributed by atoms with van der Waals surface area (Å²) in [7, 11) is 0. The third-order valence-electron chi connectivity index (χ3n) is 3.29. The molecule has 0 N–H and O–H groups in total. The van der Waals surface area contributed by atoms with Crippen molar-refractivity contribution in [2.45, 2.75) is 58.2 Å². The van der Waals surface area contributed by atoms with Crippen molar-refractivity contribution in [1.29, 1.82) is 0 Å². The van der Waals surface area contributed by atoms with Gasteiger partial charge in [0.05, 0.1) is 12.6 Å². The standard InChI is InChI=1S/C14H25NO3/c1-14(2,3)18-13(16)15-8-4-5-12(9-15)17-10-11-6-7-11/h11-12H,4-10H2,1-3H3. The molecule has 1 unspecified atom stereocenters. The largest absolute Gasteiger partial charge is 0.444 e. The van der Waals surface area contributed by atoms with Gasteiger partial charge in [-0.25, -0.2) is 4.79 Å². The summed E-state index contributed by atoms with van der Waals surface area (Å²) in [6.45, 7) is 8.04. The first-order valence-corrected chi connectivity index (χ1v) is 7.03. The quantitative estimate of drug-likeness (QED) is 0.778. The molecule has 0 aromatic carbocycles. The van der Waals surface area contributed by atoms with Crippen molar-refractivity contribution in [3.8, 4) is 0 Å². The minimum Gasteiger partial charge on any atom is -0.444 e. The zero-order valence-corrected chi connectivity index (χ0v) is 11.8. The molecule has 1 heterocycles. The van der Waals surface area contributed by atoms with Gasteiger partial charge in [-0.1, -0.05) is 0 Å². The van der Waals surface area contributed by atoms with Crippen molar-refractivity contribution in [3.63, 3.8) is 0 Å². The summed E-state index contributed by atoms with van der Waals surface area (Å²) in [4.78, 5) is 13.7. The third kappa shape index (κ3) is 4.48. The van der Waals surface area contributed by atoms with E-state index in [0.717, 1.165) is 31.9 Å². The summed E-state index contributed by atoms with van der Waals surface area (Å²) in [5.74, 6) is 0.780. The van der Waals surface area contributed by atoms with E-state index in [1.54, 1.807) is 4.90 Å². The van der Waals surface area contributed by atoms with Crippen molar-refractivity contribution in [3.05, 3.63) is 0 Å². The van der Waals surface area contributed by atoms with E-state index in [2.05, 4.69) is 0 Å². The number of rotatable bonds is 3. The first-order chi connectivity index (χ1) is 8.44. The fraction of sp³-hybridized carbons (Fsp3) is 0.929. The molecule has 0 bridgehead atoms. The van der Waals surface area contributed by atoms with Gasteiger partial charge in [0.25, 0.3) is 0 Å². The van der Waals surface area contributed by atoms with Crippen molar-refractivity contribution >= 4 is 6.09 Å². The number of likely N-dealkylation sites (tertiary alicyclic amines) is 1. The van der Waals surface area contributed by atoms with E-state index in [1.807, 2.05) is 20.8 Å². The van der Waals surface area contributed by atoms with E-state index in [-0.39, 0.29) is 12.2 Å². The zero-order chi connectivity index (χ0) is 13.2. The Morgan fingerprint density at radius 2 is 2.00 bits per heavy atom. The number of hydrogen-bond acceptors (Lipinski definition) is 3. The number of amides is 1. The minimum absolute atomic E-state index is 0.201. The lowest BCUT2D eigenvalue weighted by Crippen LogP contribution is -2.45. The Morgan fingerprint density at radius 1 is 1.28 bits per heavy atom. The molecule has 18 heavy (non-hydrogen) atoms.